The number of hydrogen-bond donors (Lipinski definition) is 1. The number of pyridine rings is 2. The van der Waals surface area contributed by atoms with Crippen LogP contribution in [0.2, 0.25) is 0 Å². The molecule has 33 heavy (non-hydrogen) atoms. The number of thiazole rings is 1. The smallest absolute Gasteiger partial charge is 0.250 e. The molecule has 5 rings (SSSR count). The summed E-state index contributed by atoms with van der Waals surface area (Å²) in [5.41, 5.74) is 4.82. The van der Waals surface area contributed by atoms with E-state index in [1.807, 2.05) is 72.2 Å². The van der Waals surface area contributed by atoms with E-state index < -0.39 is 0 Å². The Bertz CT molecular complexity index is 1390. The molecule has 8 heteroatoms. The van der Waals surface area contributed by atoms with Crippen molar-refractivity contribution < 1.29 is 4.79 Å². The molecule has 0 atom stereocenters. The second-order valence-corrected chi connectivity index (χ2v) is 7.89. The first-order valence-electron chi connectivity index (χ1n) is 10.2. The summed E-state index contributed by atoms with van der Waals surface area (Å²) in [7, 11) is 0. The van der Waals surface area contributed by atoms with E-state index in [0.717, 1.165) is 33.9 Å². The maximum atomic E-state index is 12.6. The van der Waals surface area contributed by atoms with Crippen LogP contribution in [0.15, 0.2) is 96.9 Å². The Morgan fingerprint density at radius 1 is 0.970 bits per heavy atom. The predicted molar refractivity (Wildman–Crippen MR) is 130 cm³/mol. The van der Waals surface area contributed by atoms with Crippen LogP contribution in [0, 0.1) is 0 Å². The number of benzene rings is 1. The summed E-state index contributed by atoms with van der Waals surface area (Å²) in [5.74, 6) is -0.276. The Balaban J connectivity index is 1.38. The lowest BCUT2D eigenvalue weighted by Gasteiger charge is -2.00. The molecule has 0 unspecified atom stereocenters. The minimum Gasteiger partial charge on any atom is -0.298 e. The minimum absolute atomic E-state index is 0.276. The zero-order valence-corrected chi connectivity index (χ0v) is 18.2. The largest absolute Gasteiger partial charge is 0.298 e. The first-order chi connectivity index (χ1) is 16.3. The highest BCUT2D eigenvalue weighted by molar-refractivity contribution is 7.14. The Morgan fingerprint density at radius 2 is 1.85 bits per heavy atom. The molecule has 0 spiro atoms. The van der Waals surface area contributed by atoms with Crippen molar-refractivity contribution in [3.63, 3.8) is 0 Å². The Hall–Kier alpha value is -4.43. The van der Waals surface area contributed by atoms with Gasteiger partial charge in [0.15, 0.2) is 5.13 Å². The molecule has 0 aliphatic rings. The van der Waals surface area contributed by atoms with Gasteiger partial charge >= 0.3 is 0 Å². The van der Waals surface area contributed by atoms with Crippen molar-refractivity contribution in [2.75, 3.05) is 5.32 Å². The second-order valence-electron chi connectivity index (χ2n) is 7.03. The summed E-state index contributed by atoms with van der Waals surface area (Å²) < 4.78 is 1.79. The van der Waals surface area contributed by atoms with Gasteiger partial charge in [-0.3, -0.25) is 20.1 Å². The highest BCUT2D eigenvalue weighted by Gasteiger charge is 2.12. The lowest BCUT2D eigenvalue weighted by molar-refractivity contribution is -0.111. The molecular formula is C25H18N6OS. The summed E-state index contributed by atoms with van der Waals surface area (Å²) in [4.78, 5) is 25.5. The van der Waals surface area contributed by atoms with Gasteiger partial charge < -0.3 is 0 Å². The molecule has 0 bridgehead atoms. The predicted octanol–water partition coefficient (Wildman–Crippen LogP) is 5.10. The van der Waals surface area contributed by atoms with Gasteiger partial charge in [0.2, 0.25) is 5.91 Å². The van der Waals surface area contributed by atoms with Gasteiger partial charge in [-0.25, -0.2) is 9.67 Å². The van der Waals surface area contributed by atoms with Crippen LogP contribution in [0.1, 0.15) is 5.56 Å². The van der Waals surface area contributed by atoms with Crippen LogP contribution in [0.5, 0.6) is 0 Å². The number of carbonyl (C=O) groups excluding carboxylic acids is 1. The van der Waals surface area contributed by atoms with E-state index in [9.17, 15) is 4.79 Å². The van der Waals surface area contributed by atoms with Gasteiger partial charge in [-0.1, -0.05) is 24.3 Å². The summed E-state index contributed by atoms with van der Waals surface area (Å²) in [6.07, 6.45) is 10.3. The van der Waals surface area contributed by atoms with Crippen molar-refractivity contribution >= 4 is 28.5 Å². The molecule has 1 aromatic carbocycles. The fourth-order valence-corrected chi connectivity index (χ4v) is 3.93. The zero-order chi connectivity index (χ0) is 22.5. The average Bonchev–Trinajstić information content (AvgIpc) is 3.52. The molecule has 160 valence electrons. The highest BCUT2D eigenvalue weighted by Crippen LogP contribution is 2.25. The van der Waals surface area contributed by atoms with E-state index in [1.54, 1.807) is 29.3 Å². The van der Waals surface area contributed by atoms with Gasteiger partial charge in [-0.15, -0.1) is 11.3 Å². The number of hydrogen-bond acceptors (Lipinski definition) is 6. The van der Waals surface area contributed by atoms with Gasteiger partial charge in [0.1, 0.15) is 11.4 Å². The standard InChI is InChI=1S/C25H18N6OS/c32-23(29-25-28-22(17-33-25)21-10-4-5-14-27-21)12-11-19-16-31(20-8-2-1-3-9-20)30-24(19)18-7-6-13-26-15-18/h1-17H,(H,28,29,32)/b12-11+. The minimum atomic E-state index is -0.276. The Kier molecular flexibility index (Phi) is 5.81. The molecule has 5 aromatic rings. The van der Waals surface area contributed by atoms with Crippen molar-refractivity contribution in [2.24, 2.45) is 0 Å². The molecular weight excluding hydrogens is 432 g/mol. The molecule has 0 saturated heterocycles. The monoisotopic (exact) mass is 450 g/mol. The molecule has 7 nitrogen and oxygen atoms in total. The average molecular weight is 451 g/mol. The fourth-order valence-electron chi connectivity index (χ4n) is 3.23. The Morgan fingerprint density at radius 3 is 2.64 bits per heavy atom. The van der Waals surface area contributed by atoms with Crippen LogP contribution in [0.25, 0.3) is 34.4 Å². The normalized spacial score (nSPS) is 11.0. The van der Waals surface area contributed by atoms with E-state index in [1.165, 1.54) is 17.4 Å². The number of aromatic nitrogens is 5. The summed E-state index contributed by atoms with van der Waals surface area (Å²) in [6, 6.07) is 19.2. The third kappa shape index (κ3) is 4.76. The zero-order valence-electron chi connectivity index (χ0n) is 17.4. The quantitative estimate of drug-likeness (QED) is 0.364. The molecule has 0 saturated carbocycles. The molecule has 0 fully saturated rings. The van der Waals surface area contributed by atoms with Crippen LogP contribution in [0.3, 0.4) is 0 Å². The molecule has 0 aliphatic heterocycles. The van der Waals surface area contributed by atoms with E-state index in [4.69, 9.17) is 5.10 Å². The summed E-state index contributed by atoms with van der Waals surface area (Å²) in [5, 5.41) is 9.92. The van der Waals surface area contributed by atoms with Gasteiger partial charge in [0.25, 0.3) is 0 Å². The molecule has 1 amide bonds. The molecule has 1 N–H and O–H groups in total. The number of carbonyl (C=O) groups is 1. The molecule has 0 aliphatic carbocycles. The first kappa shape index (κ1) is 20.5. The lowest BCUT2D eigenvalue weighted by atomic mass is 10.1. The van der Waals surface area contributed by atoms with Crippen molar-refractivity contribution in [1.29, 1.82) is 0 Å². The number of nitrogens with one attached hydrogen (secondary N) is 1. The first-order valence-corrected chi connectivity index (χ1v) is 11.1. The number of anilines is 1. The van der Waals surface area contributed by atoms with Crippen molar-refractivity contribution in [1.82, 2.24) is 24.7 Å². The number of amides is 1. The van der Waals surface area contributed by atoms with Crippen LogP contribution in [-0.2, 0) is 4.79 Å². The fraction of sp³-hybridized carbons (Fsp3) is 0. The SMILES string of the molecule is O=C(/C=C/c1cn(-c2ccccc2)nc1-c1cccnc1)Nc1nc(-c2ccccn2)cs1. The van der Waals surface area contributed by atoms with Gasteiger partial charge in [0.05, 0.1) is 11.4 Å². The second kappa shape index (κ2) is 9.37. The van der Waals surface area contributed by atoms with Gasteiger partial charge in [0, 0.05) is 47.4 Å². The lowest BCUT2D eigenvalue weighted by Crippen LogP contribution is -2.07. The third-order valence-corrected chi connectivity index (χ3v) is 5.53. The third-order valence-electron chi connectivity index (χ3n) is 4.77. The maximum Gasteiger partial charge on any atom is 0.250 e. The number of nitrogens with zero attached hydrogens (tertiary/aromatic N) is 5. The maximum absolute atomic E-state index is 12.6. The van der Waals surface area contributed by atoms with Gasteiger partial charge in [-0.2, -0.15) is 5.10 Å². The summed E-state index contributed by atoms with van der Waals surface area (Å²) in [6.45, 7) is 0. The van der Waals surface area contributed by atoms with Crippen molar-refractivity contribution in [3.8, 4) is 28.3 Å². The number of rotatable bonds is 6. The van der Waals surface area contributed by atoms with E-state index in [-0.39, 0.29) is 5.91 Å². The van der Waals surface area contributed by atoms with Crippen molar-refractivity contribution in [3.05, 3.63) is 102 Å². The van der Waals surface area contributed by atoms with Crippen molar-refractivity contribution in [2.45, 2.75) is 0 Å². The van der Waals surface area contributed by atoms with Gasteiger partial charge in [-0.05, 0) is 42.5 Å². The highest BCUT2D eigenvalue weighted by atomic mass is 32.1. The van der Waals surface area contributed by atoms with E-state index in [0.29, 0.717) is 5.13 Å². The van der Waals surface area contributed by atoms with E-state index in [2.05, 4.69) is 20.3 Å². The van der Waals surface area contributed by atoms with Crippen LogP contribution >= 0.6 is 11.3 Å². The molecule has 4 aromatic heterocycles. The topological polar surface area (TPSA) is 85.6 Å². The molecule has 4 heterocycles. The number of para-hydroxylation sites is 1. The molecule has 0 radical (unpaired) electrons. The van der Waals surface area contributed by atoms with Crippen LogP contribution < -0.4 is 5.32 Å². The summed E-state index contributed by atoms with van der Waals surface area (Å²) >= 11 is 1.35. The Labute approximate surface area is 194 Å². The van der Waals surface area contributed by atoms with Crippen LogP contribution in [-0.4, -0.2) is 30.6 Å². The van der Waals surface area contributed by atoms with Crippen LogP contribution in [0.4, 0.5) is 5.13 Å². The van der Waals surface area contributed by atoms with E-state index >= 15 is 0 Å².